The Bertz CT molecular complexity index is 904. The number of hydrogen-bond acceptors (Lipinski definition) is 5. The molecule has 5 rings (SSSR count). The zero-order valence-electron chi connectivity index (χ0n) is 17.4. The minimum Gasteiger partial charge on any atom is -0.360 e. The fourth-order valence-corrected chi connectivity index (χ4v) is 4.60. The van der Waals surface area contributed by atoms with Crippen LogP contribution in [0.3, 0.4) is 0 Å². The maximum absolute atomic E-state index is 5.50. The largest absolute Gasteiger partial charge is 0.360 e. The summed E-state index contributed by atoms with van der Waals surface area (Å²) in [6.45, 7) is 3.97. The molecule has 0 bridgehead atoms. The van der Waals surface area contributed by atoms with Crippen molar-refractivity contribution in [2.45, 2.75) is 57.5 Å². The van der Waals surface area contributed by atoms with Crippen molar-refractivity contribution in [1.29, 1.82) is 0 Å². The molecule has 1 saturated carbocycles. The van der Waals surface area contributed by atoms with Crippen molar-refractivity contribution in [3.8, 4) is 0 Å². The van der Waals surface area contributed by atoms with E-state index in [-0.39, 0.29) is 0 Å². The average Bonchev–Trinajstić information content (AvgIpc) is 3.60. The van der Waals surface area contributed by atoms with Crippen molar-refractivity contribution < 1.29 is 0 Å². The Kier molecular flexibility index (Phi) is 5.71. The lowest BCUT2D eigenvalue weighted by Crippen LogP contribution is -2.34. The van der Waals surface area contributed by atoms with Gasteiger partial charge in [-0.15, -0.1) is 0 Å². The second-order valence-electron chi connectivity index (χ2n) is 8.62. The van der Waals surface area contributed by atoms with Crippen molar-refractivity contribution >= 4 is 34.9 Å². The summed E-state index contributed by atoms with van der Waals surface area (Å²) in [5.74, 6) is 2.59. The average molecular weight is 423 g/mol. The molecular formula is C23H30N6S. The highest BCUT2D eigenvalue weighted by Gasteiger charge is 2.23. The molecule has 0 unspecified atom stereocenters. The van der Waals surface area contributed by atoms with Crippen LogP contribution in [0.5, 0.6) is 0 Å². The van der Waals surface area contributed by atoms with Crippen LogP contribution in [0, 0.1) is 0 Å². The number of thiocarbonyl (C=S) groups is 1. The summed E-state index contributed by atoms with van der Waals surface area (Å²) in [6, 6.07) is 11.4. The van der Waals surface area contributed by atoms with E-state index in [4.69, 9.17) is 22.2 Å². The summed E-state index contributed by atoms with van der Waals surface area (Å²) in [6.07, 6.45) is 8.48. The Morgan fingerprint density at radius 3 is 2.33 bits per heavy atom. The third kappa shape index (κ3) is 4.67. The van der Waals surface area contributed by atoms with Gasteiger partial charge < -0.3 is 20.4 Å². The van der Waals surface area contributed by atoms with Crippen molar-refractivity contribution in [2.75, 3.05) is 34.8 Å². The van der Waals surface area contributed by atoms with Gasteiger partial charge in [0.1, 0.15) is 11.6 Å². The molecule has 6 nitrogen and oxygen atoms in total. The van der Waals surface area contributed by atoms with Crippen LogP contribution in [-0.2, 0) is 13.0 Å². The molecule has 1 saturated heterocycles. The summed E-state index contributed by atoms with van der Waals surface area (Å²) in [4.78, 5) is 14.5. The van der Waals surface area contributed by atoms with Crippen LogP contribution in [0.25, 0.3) is 0 Å². The van der Waals surface area contributed by atoms with Crippen LogP contribution in [-0.4, -0.2) is 40.8 Å². The van der Waals surface area contributed by atoms with Gasteiger partial charge in [0, 0.05) is 38.3 Å². The summed E-state index contributed by atoms with van der Waals surface area (Å²) >= 11 is 5.50. The van der Waals surface area contributed by atoms with E-state index in [0.29, 0.717) is 17.1 Å². The molecular weight excluding hydrogens is 392 g/mol. The number of aromatic nitrogens is 2. The van der Waals surface area contributed by atoms with Gasteiger partial charge >= 0.3 is 0 Å². The molecule has 2 N–H and O–H groups in total. The van der Waals surface area contributed by atoms with E-state index >= 15 is 0 Å². The number of benzene rings is 1. The summed E-state index contributed by atoms with van der Waals surface area (Å²) in [5.41, 5.74) is 2.84. The Labute approximate surface area is 184 Å². The predicted molar refractivity (Wildman–Crippen MR) is 126 cm³/mol. The molecule has 2 aliphatic heterocycles. The van der Waals surface area contributed by atoms with E-state index in [2.05, 4.69) is 50.8 Å². The molecule has 2 aromatic rings. The molecule has 3 heterocycles. The van der Waals surface area contributed by atoms with Crippen LogP contribution < -0.4 is 20.4 Å². The van der Waals surface area contributed by atoms with Gasteiger partial charge in [-0.25, -0.2) is 0 Å². The summed E-state index contributed by atoms with van der Waals surface area (Å²) in [5, 5.41) is 7.21. The van der Waals surface area contributed by atoms with Gasteiger partial charge in [-0.05, 0) is 55.4 Å². The number of anilines is 3. The Morgan fingerprint density at radius 2 is 1.60 bits per heavy atom. The van der Waals surface area contributed by atoms with Gasteiger partial charge in [0.15, 0.2) is 5.11 Å². The van der Waals surface area contributed by atoms with Gasteiger partial charge in [-0.3, -0.25) is 0 Å². The molecule has 158 valence electrons. The van der Waals surface area contributed by atoms with Crippen molar-refractivity contribution in [2.24, 2.45) is 0 Å². The van der Waals surface area contributed by atoms with Crippen LogP contribution in [0.15, 0.2) is 30.3 Å². The fourth-order valence-electron chi connectivity index (χ4n) is 4.34. The second kappa shape index (κ2) is 8.76. The minimum absolute atomic E-state index is 0.511. The number of nitrogens with one attached hydrogen (secondary N) is 2. The normalized spacial score (nSPS) is 19.1. The van der Waals surface area contributed by atoms with Crippen LogP contribution in [0.4, 0.5) is 17.6 Å². The van der Waals surface area contributed by atoms with Gasteiger partial charge in [-0.2, -0.15) is 9.97 Å². The lowest BCUT2D eigenvalue weighted by Gasteiger charge is -2.31. The molecule has 2 fully saturated rings. The zero-order valence-corrected chi connectivity index (χ0v) is 18.3. The minimum atomic E-state index is 0.511. The van der Waals surface area contributed by atoms with E-state index in [1.54, 1.807) is 0 Å². The molecule has 0 atom stereocenters. The maximum atomic E-state index is 5.50. The molecule has 0 amide bonds. The highest BCUT2D eigenvalue weighted by Crippen LogP contribution is 2.28. The molecule has 0 radical (unpaired) electrons. The third-order valence-electron chi connectivity index (χ3n) is 6.22. The van der Waals surface area contributed by atoms with E-state index in [9.17, 15) is 0 Å². The first-order valence-corrected chi connectivity index (χ1v) is 11.7. The topological polar surface area (TPSA) is 56.3 Å². The van der Waals surface area contributed by atoms with Crippen LogP contribution in [0.1, 0.15) is 49.7 Å². The van der Waals surface area contributed by atoms with Gasteiger partial charge in [0.2, 0.25) is 5.95 Å². The quantitative estimate of drug-likeness (QED) is 0.726. The summed E-state index contributed by atoms with van der Waals surface area (Å²) in [7, 11) is 0. The first kappa shape index (κ1) is 19.5. The van der Waals surface area contributed by atoms with Gasteiger partial charge in [-0.1, -0.05) is 37.1 Å². The van der Waals surface area contributed by atoms with Crippen molar-refractivity contribution in [3.05, 3.63) is 41.5 Å². The predicted octanol–water partition coefficient (Wildman–Crippen LogP) is 3.87. The molecule has 7 heteroatoms. The van der Waals surface area contributed by atoms with Crippen molar-refractivity contribution in [1.82, 2.24) is 15.3 Å². The number of nitrogens with zero attached hydrogens (tertiary/aromatic N) is 4. The van der Waals surface area contributed by atoms with E-state index in [0.717, 1.165) is 44.2 Å². The first-order chi connectivity index (χ1) is 14.7. The van der Waals surface area contributed by atoms with E-state index < -0.39 is 0 Å². The molecule has 1 aliphatic carbocycles. The highest BCUT2D eigenvalue weighted by molar-refractivity contribution is 7.80. The van der Waals surface area contributed by atoms with Gasteiger partial charge in [0.25, 0.3) is 0 Å². The third-order valence-corrected chi connectivity index (χ3v) is 6.44. The lowest BCUT2D eigenvalue weighted by molar-refractivity contribution is 0.717. The van der Waals surface area contributed by atoms with E-state index in [1.807, 2.05) is 0 Å². The first-order valence-electron chi connectivity index (χ1n) is 11.3. The summed E-state index contributed by atoms with van der Waals surface area (Å²) < 4.78 is 0. The molecule has 0 spiro atoms. The maximum Gasteiger partial charge on any atom is 0.232 e. The monoisotopic (exact) mass is 422 g/mol. The zero-order chi connectivity index (χ0) is 20.3. The van der Waals surface area contributed by atoms with Crippen molar-refractivity contribution in [3.63, 3.8) is 0 Å². The SMILES string of the molecule is S=C(Nc1nc(N2CCCCCC2)cc(N2CCc3ccccc3C2)n1)NC1CC1. The Morgan fingerprint density at radius 1 is 0.900 bits per heavy atom. The Balaban J connectivity index is 1.42. The number of rotatable bonds is 4. The fraction of sp³-hybridized carbons (Fsp3) is 0.522. The molecule has 1 aromatic carbocycles. The van der Waals surface area contributed by atoms with Gasteiger partial charge in [0.05, 0.1) is 0 Å². The van der Waals surface area contributed by atoms with E-state index in [1.165, 1.54) is 49.7 Å². The molecule has 30 heavy (non-hydrogen) atoms. The molecule has 3 aliphatic rings. The van der Waals surface area contributed by atoms with Crippen LogP contribution in [0.2, 0.25) is 0 Å². The molecule has 1 aromatic heterocycles. The second-order valence-corrected chi connectivity index (χ2v) is 9.03. The Hall–Kier alpha value is -2.41. The highest BCUT2D eigenvalue weighted by atomic mass is 32.1. The number of fused-ring (bicyclic) bond motifs is 1. The lowest BCUT2D eigenvalue weighted by atomic mass is 10.00. The smallest absolute Gasteiger partial charge is 0.232 e. The standard InChI is InChI=1S/C23H30N6S/c30-23(24-19-9-10-19)27-22-25-20(28-12-5-1-2-6-13-28)15-21(26-22)29-14-11-17-7-3-4-8-18(17)16-29/h3-4,7-8,15,19H,1-2,5-6,9-14,16H2,(H2,24,25,26,27,30). The van der Waals surface area contributed by atoms with Crippen LogP contribution >= 0.6 is 12.2 Å². The number of hydrogen-bond donors (Lipinski definition) is 2.